The van der Waals surface area contributed by atoms with Gasteiger partial charge >= 0.3 is 0 Å². The molecule has 0 aliphatic heterocycles. The van der Waals surface area contributed by atoms with Crippen LogP contribution >= 0.6 is 0 Å². The second kappa shape index (κ2) is 7.29. The van der Waals surface area contributed by atoms with Crippen molar-refractivity contribution in [3.8, 4) is 22.9 Å². The largest absolute Gasteiger partial charge is 0.496 e. The molecule has 3 aromatic carbocycles. The molecule has 0 heterocycles. The number of nitrogens with zero attached hydrogens (tertiary/aromatic N) is 1. The topological polar surface area (TPSA) is 33.0 Å². The summed E-state index contributed by atoms with van der Waals surface area (Å²) in [6, 6.07) is 27.8. The number of benzene rings is 3. The third kappa shape index (κ3) is 3.22. The molecule has 0 saturated carbocycles. The summed E-state index contributed by atoms with van der Waals surface area (Å²) in [6.07, 6.45) is 3.63. The Balaban J connectivity index is 1.67. The Morgan fingerprint density at radius 2 is 1.67 bits per heavy atom. The molecule has 1 atom stereocenters. The summed E-state index contributed by atoms with van der Waals surface area (Å²) in [5.74, 6) is 0.909. The lowest BCUT2D eigenvalue weighted by atomic mass is 9.67. The van der Waals surface area contributed by atoms with Crippen molar-refractivity contribution in [1.82, 2.24) is 0 Å². The molecule has 2 heteroatoms. The summed E-state index contributed by atoms with van der Waals surface area (Å²) >= 11 is 0. The zero-order chi connectivity index (χ0) is 18.7. The van der Waals surface area contributed by atoms with Gasteiger partial charge in [0.1, 0.15) is 5.75 Å². The Bertz CT molecular complexity index is 969. The molecule has 1 aliphatic rings. The van der Waals surface area contributed by atoms with Crippen molar-refractivity contribution in [2.45, 2.75) is 31.1 Å². The first-order valence-electron chi connectivity index (χ1n) is 9.48. The average Bonchev–Trinajstić information content (AvgIpc) is 2.74. The normalized spacial score (nSPS) is 18.4. The van der Waals surface area contributed by atoms with Crippen molar-refractivity contribution in [2.24, 2.45) is 0 Å². The zero-order valence-electron chi connectivity index (χ0n) is 15.6. The van der Waals surface area contributed by atoms with E-state index in [1.165, 1.54) is 22.3 Å². The molecule has 3 aromatic rings. The van der Waals surface area contributed by atoms with E-state index in [4.69, 9.17) is 4.74 Å². The maximum Gasteiger partial charge on any atom is 0.122 e. The predicted octanol–water partition coefficient (Wildman–Crippen LogP) is 5.70. The van der Waals surface area contributed by atoms with Crippen molar-refractivity contribution in [3.05, 3.63) is 89.5 Å². The minimum absolute atomic E-state index is 0.476. The number of methoxy groups -OCH3 is 1. The Morgan fingerprint density at radius 3 is 2.37 bits per heavy atom. The Hall–Kier alpha value is -3.05. The van der Waals surface area contributed by atoms with Crippen molar-refractivity contribution in [2.75, 3.05) is 7.11 Å². The van der Waals surface area contributed by atoms with Gasteiger partial charge in [0.15, 0.2) is 0 Å². The first-order chi connectivity index (χ1) is 13.3. The molecule has 0 radical (unpaired) electrons. The van der Waals surface area contributed by atoms with Crippen LogP contribution in [0.2, 0.25) is 0 Å². The lowest BCUT2D eigenvalue weighted by molar-refractivity contribution is 0.391. The van der Waals surface area contributed by atoms with E-state index in [0.717, 1.165) is 37.0 Å². The smallest absolute Gasteiger partial charge is 0.122 e. The number of hydrogen-bond acceptors (Lipinski definition) is 2. The Morgan fingerprint density at radius 1 is 0.926 bits per heavy atom. The molecule has 0 aromatic heterocycles. The fourth-order valence-electron chi connectivity index (χ4n) is 4.30. The molecule has 0 bridgehead atoms. The molecular formula is C25H23NO. The highest BCUT2D eigenvalue weighted by Gasteiger charge is 2.38. The van der Waals surface area contributed by atoms with E-state index < -0.39 is 5.41 Å². The van der Waals surface area contributed by atoms with Crippen LogP contribution in [0.15, 0.2) is 72.8 Å². The van der Waals surface area contributed by atoms with Crippen LogP contribution in [-0.2, 0) is 18.3 Å². The van der Waals surface area contributed by atoms with Crippen LogP contribution in [-0.4, -0.2) is 7.11 Å². The van der Waals surface area contributed by atoms with Gasteiger partial charge in [-0.3, -0.25) is 0 Å². The zero-order valence-corrected chi connectivity index (χ0v) is 15.6. The first kappa shape index (κ1) is 17.4. The predicted molar refractivity (Wildman–Crippen MR) is 109 cm³/mol. The molecule has 2 nitrogen and oxygen atoms in total. The highest BCUT2D eigenvalue weighted by atomic mass is 16.5. The second-order valence-electron chi connectivity index (χ2n) is 7.27. The molecule has 4 rings (SSSR count). The van der Waals surface area contributed by atoms with Crippen LogP contribution in [0.1, 0.15) is 29.5 Å². The van der Waals surface area contributed by atoms with Gasteiger partial charge in [-0.1, -0.05) is 66.7 Å². The van der Waals surface area contributed by atoms with Gasteiger partial charge in [0.2, 0.25) is 0 Å². The molecule has 1 unspecified atom stereocenters. The maximum atomic E-state index is 10.2. The third-order valence-corrected chi connectivity index (χ3v) is 5.68. The van der Waals surface area contributed by atoms with Crippen LogP contribution in [0.4, 0.5) is 0 Å². The van der Waals surface area contributed by atoms with Crippen LogP contribution in [0.5, 0.6) is 5.75 Å². The quantitative estimate of drug-likeness (QED) is 0.602. The molecule has 134 valence electrons. The van der Waals surface area contributed by atoms with Gasteiger partial charge in [-0.05, 0) is 59.6 Å². The van der Waals surface area contributed by atoms with E-state index in [2.05, 4.69) is 60.7 Å². The van der Waals surface area contributed by atoms with Crippen LogP contribution in [0, 0.1) is 11.3 Å². The molecule has 27 heavy (non-hydrogen) atoms. The van der Waals surface area contributed by atoms with E-state index in [-0.39, 0.29) is 0 Å². The molecule has 0 saturated heterocycles. The average molecular weight is 353 g/mol. The van der Waals surface area contributed by atoms with E-state index in [0.29, 0.717) is 0 Å². The summed E-state index contributed by atoms with van der Waals surface area (Å²) in [6.45, 7) is 0. The molecule has 1 aliphatic carbocycles. The van der Waals surface area contributed by atoms with Gasteiger partial charge < -0.3 is 4.74 Å². The number of rotatable bonds is 4. The number of nitriles is 1. The van der Waals surface area contributed by atoms with E-state index in [9.17, 15) is 5.26 Å². The third-order valence-electron chi connectivity index (χ3n) is 5.68. The monoisotopic (exact) mass is 353 g/mol. The summed E-state index contributed by atoms with van der Waals surface area (Å²) in [5, 5.41) is 10.2. The second-order valence-corrected chi connectivity index (χ2v) is 7.27. The Kier molecular flexibility index (Phi) is 4.69. The fourth-order valence-corrected chi connectivity index (χ4v) is 4.30. The van der Waals surface area contributed by atoms with Gasteiger partial charge in [-0.15, -0.1) is 0 Å². The van der Waals surface area contributed by atoms with Crippen molar-refractivity contribution in [1.29, 1.82) is 5.26 Å². The summed E-state index contributed by atoms with van der Waals surface area (Å²) < 4.78 is 5.56. The van der Waals surface area contributed by atoms with Gasteiger partial charge in [0.25, 0.3) is 0 Å². The minimum Gasteiger partial charge on any atom is -0.496 e. The number of ether oxygens (including phenoxy) is 1. The van der Waals surface area contributed by atoms with Crippen LogP contribution < -0.4 is 4.74 Å². The minimum atomic E-state index is -0.476. The van der Waals surface area contributed by atoms with Gasteiger partial charge in [0.05, 0.1) is 18.6 Å². The molecule has 0 fully saturated rings. The SMILES string of the molecule is COc1cccc2c1CCCC2(C#N)Cc1ccc(-c2ccccc2)cc1. The maximum absolute atomic E-state index is 10.2. The van der Waals surface area contributed by atoms with Crippen LogP contribution in [0.3, 0.4) is 0 Å². The standard InChI is InChI=1S/C25H23NO/c1-27-24-11-5-10-23-22(24)9-6-16-25(23,18-26)17-19-12-14-21(15-13-19)20-7-3-2-4-8-20/h2-5,7-8,10-15H,6,9,16-17H2,1H3. The lowest BCUT2D eigenvalue weighted by Gasteiger charge is -2.34. The Labute approximate surface area is 161 Å². The van der Waals surface area contributed by atoms with E-state index in [1.54, 1.807) is 7.11 Å². The van der Waals surface area contributed by atoms with E-state index in [1.807, 2.05) is 18.2 Å². The summed E-state index contributed by atoms with van der Waals surface area (Å²) in [5.41, 5.74) is 5.49. The van der Waals surface area contributed by atoms with Crippen molar-refractivity contribution in [3.63, 3.8) is 0 Å². The molecule has 0 amide bonds. The molecule has 0 N–H and O–H groups in total. The van der Waals surface area contributed by atoms with Crippen molar-refractivity contribution < 1.29 is 4.74 Å². The first-order valence-corrected chi connectivity index (χ1v) is 9.48. The lowest BCUT2D eigenvalue weighted by Crippen LogP contribution is -2.32. The summed E-state index contributed by atoms with van der Waals surface area (Å²) in [4.78, 5) is 0. The van der Waals surface area contributed by atoms with Crippen molar-refractivity contribution >= 4 is 0 Å². The molecular weight excluding hydrogens is 330 g/mol. The number of fused-ring (bicyclic) bond motifs is 1. The molecule has 0 spiro atoms. The van der Waals surface area contributed by atoms with Gasteiger partial charge in [0, 0.05) is 0 Å². The highest BCUT2D eigenvalue weighted by Crippen LogP contribution is 2.42. The summed E-state index contributed by atoms with van der Waals surface area (Å²) in [7, 11) is 1.71. The number of hydrogen-bond donors (Lipinski definition) is 0. The fraction of sp³-hybridized carbons (Fsp3) is 0.240. The van der Waals surface area contributed by atoms with Crippen LogP contribution in [0.25, 0.3) is 11.1 Å². The highest BCUT2D eigenvalue weighted by molar-refractivity contribution is 5.63. The van der Waals surface area contributed by atoms with E-state index >= 15 is 0 Å². The van der Waals surface area contributed by atoms with Gasteiger partial charge in [-0.2, -0.15) is 5.26 Å². The van der Waals surface area contributed by atoms with Gasteiger partial charge in [-0.25, -0.2) is 0 Å².